The fourth-order valence-corrected chi connectivity index (χ4v) is 2.67. The second-order valence-corrected chi connectivity index (χ2v) is 5.78. The molecule has 0 amide bonds. The van der Waals surface area contributed by atoms with Crippen molar-refractivity contribution in [1.29, 1.82) is 0 Å². The zero-order valence-corrected chi connectivity index (χ0v) is 10.9. The van der Waals surface area contributed by atoms with E-state index in [1.54, 1.807) is 31.4 Å². The van der Waals surface area contributed by atoms with Crippen LogP contribution < -0.4 is 10.0 Å². The van der Waals surface area contributed by atoms with Gasteiger partial charge < -0.3 is 5.32 Å². The molecule has 0 saturated carbocycles. The molecule has 0 aliphatic heterocycles. The largest absolute Gasteiger partial charge is 0.319 e. The van der Waals surface area contributed by atoms with E-state index in [4.69, 9.17) is 0 Å². The van der Waals surface area contributed by atoms with Gasteiger partial charge in [0.05, 0.1) is 11.3 Å². The van der Waals surface area contributed by atoms with Crippen LogP contribution in [0.5, 0.6) is 0 Å². The highest BCUT2D eigenvalue weighted by Gasteiger charge is 2.09. The first-order valence-corrected chi connectivity index (χ1v) is 7.26. The van der Waals surface area contributed by atoms with Gasteiger partial charge in [-0.3, -0.25) is 9.71 Å². The van der Waals surface area contributed by atoms with E-state index in [2.05, 4.69) is 15.0 Å². The maximum Gasteiger partial charge on any atom is 0.233 e. The van der Waals surface area contributed by atoms with Gasteiger partial charge in [-0.25, -0.2) is 8.42 Å². The Morgan fingerprint density at radius 1 is 1.28 bits per heavy atom. The van der Waals surface area contributed by atoms with Crippen LogP contribution in [0, 0.1) is 0 Å². The highest BCUT2D eigenvalue weighted by atomic mass is 32.2. The van der Waals surface area contributed by atoms with Crippen LogP contribution in [-0.2, 0) is 10.0 Å². The summed E-state index contributed by atoms with van der Waals surface area (Å²) in [4.78, 5) is 4.18. The summed E-state index contributed by atoms with van der Waals surface area (Å²) >= 11 is 0. The molecule has 2 aromatic rings. The molecule has 6 heteroatoms. The molecule has 0 unspecified atom stereocenters. The summed E-state index contributed by atoms with van der Waals surface area (Å²) < 4.78 is 26.0. The van der Waals surface area contributed by atoms with Gasteiger partial charge >= 0.3 is 0 Å². The first kappa shape index (κ1) is 12.8. The molecule has 0 aliphatic rings. The highest BCUT2D eigenvalue weighted by molar-refractivity contribution is 7.92. The number of rotatable bonds is 5. The lowest BCUT2D eigenvalue weighted by molar-refractivity contribution is 0.599. The quantitative estimate of drug-likeness (QED) is 0.852. The van der Waals surface area contributed by atoms with Crippen molar-refractivity contribution in [2.24, 2.45) is 0 Å². The van der Waals surface area contributed by atoms with E-state index in [0.717, 1.165) is 10.9 Å². The molecule has 2 N–H and O–H groups in total. The lowest BCUT2D eigenvalue weighted by Crippen LogP contribution is -2.24. The summed E-state index contributed by atoms with van der Waals surface area (Å²) in [7, 11) is -1.58. The van der Waals surface area contributed by atoms with Crippen LogP contribution >= 0.6 is 0 Å². The third kappa shape index (κ3) is 3.18. The second-order valence-electron chi connectivity index (χ2n) is 3.94. The average Bonchev–Trinajstić information content (AvgIpc) is 2.36. The Balaban J connectivity index is 2.22. The highest BCUT2D eigenvalue weighted by Crippen LogP contribution is 2.17. The van der Waals surface area contributed by atoms with Crippen LogP contribution in [0.2, 0.25) is 0 Å². The molecule has 0 saturated heterocycles. The fraction of sp³-hybridized carbons (Fsp3) is 0.250. The van der Waals surface area contributed by atoms with E-state index in [0.29, 0.717) is 12.2 Å². The minimum atomic E-state index is -3.30. The molecule has 1 heterocycles. The number of hydrogen-bond donors (Lipinski definition) is 2. The normalized spacial score (nSPS) is 11.6. The standard InChI is InChI=1S/C12H15N3O2S/c1-13-7-8-18(16,17)15-11-4-5-12-10(9-11)3-2-6-14-12/h2-6,9,13,15H,7-8H2,1H3. The Morgan fingerprint density at radius 2 is 2.11 bits per heavy atom. The molecule has 18 heavy (non-hydrogen) atoms. The third-order valence-corrected chi connectivity index (χ3v) is 3.79. The Kier molecular flexibility index (Phi) is 3.78. The zero-order chi connectivity index (χ0) is 13.0. The number of nitrogens with zero attached hydrogens (tertiary/aromatic N) is 1. The minimum Gasteiger partial charge on any atom is -0.319 e. The topological polar surface area (TPSA) is 71.1 Å². The Labute approximate surface area is 106 Å². The predicted molar refractivity (Wildman–Crippen MR) is 73.1 cm³/mol. The number of anilines is 1. The van der Waals surface area contributed by atoms with Crippen molar-refractivity contribution in [1.82, 2.24) is 10.3 Å². The Bertz CT molecular complexity index is 641. The van der Waals surface area contributed by atoms with E-state index < -0.39 is 10.0 Å². The molecule has 0 atom stereocenters. The van der Waals surface area contributed by atoms with Crippen molar-refractivity contribution in [3.8, 4) is 0 Å². The van der Waals surface area contributed by atoms with Crippen LogP contribution in [0.1, 0.15) is 0 Å². The molecule has 0 fully saturated rings. The summed E-state index contributed by atoms with van der Waals surface area (Å²) in [6, 6.07) is 9.01. The van der Waals surface area contributed by atoms with Crippen molar-refractivity contribution < 1.29 is 8.42 Å². The van der Waals surface area contributed by atoms with E-state index in [1.807, 2.05) is 12.1 Å². The van der Waals surface area contributed by atoms with E-state index in [-0.39, 0.29) is 5.75 Å². The van der Waals surface area contributed by atoms with Gasteiger partial charge in [-0.2, -0.15) is 0 Å². The van der Waals surface area contributed by atoms with Gasteiger partial charge in [0, 0.05) is 23.8 Å². The molecular weight excluding hydrogens is 250 g/mol. The number of pyridine rings is 1. The van der Waals surface area contributed by atoms with Crippen LogP contribution in [-0.4, -0.2) is 32.7 Å². The van der Waals surface area contributed by atoms with Gasteiger partial charge in [-0.05, 0) is 31.3 Å². The molecule has 0 aliphatic carbocycles. The Hall–Kier alpha value is -1.66. The molecule has 0 bridgehead atoms. The molecule has 1 aromatic carbocycles. The van der Waals surface area contributed by atoms with Crippen molar-refractivity contribution in [3.05, 3.63) is 36.5 Å². The smallest absolute Gasteiger partial charge is 0.233 e. The molecule has 1 aromatic heterocycles. The summed E-state index contributed by atoms with van der Waals surface area (Å²) in [5.74, 6) is 0.0502. The molecular formula is C12H15N3O2S. The number of fused-ring (bicyclic) bond motifs is 1. The predicted octanol–water partition coefficient (Wildman–Crippen LogP) is 1.20. The third-order valence-electron chi connectivity index (χ3n) is 2.50. The van der Waals surface area contributed by atoms with Gasteiger partial charge in [0.1, 0.15) is 0 Å². The maximum absolute atomic E-state index is 11.7. The SMILES string of the molecule is CNCCS(=O)(=O)Nc1ccc2ncccc2c1. The molecule has 5 nitrogen and oxygen atoms in total. The second kappa shape index (κ2) is 5.32. The molecule has 96 valence electrons. The van der Waals surface area contributed by atoms with Gasteiger partial charge in [0.25, 0.3) is 0 Å². The first-order valence-electron chi connectivity index (χ1n) is 5.60. The summed E-state index contributed by atoms with van der Waals surface area (Å²) in [5, 5.41) is 3.72. The fourth-order valence-electron chi connectivity index (χ4n) is 1.61. The molecule has 0 spiro atoms. The van der Waals surface area contributed by atoms with Crippen molar-refractivity contribution in [2.45, 2.75) is 0 Å². The van der Waals surface area contributed by atoms with E-state index in [1.165, 1.54) is 0 Å². The number of sulfonamides is 1. The van der Waals surface area contributed by atoms with Gasteiger partial charge in [0.2, 0.25) is 10.0 Å². The van der Waals surface area contributed by atoms with E-state index >= 15 is 0 Å². The van der Waals surface area contributed by atoms with Gasteiger partial charge in [-0.1, -0.05) is 6.07 Å². The zero-order valence-electron chi connectivity index (χ0n) is 10.1. The van der Waals surface area contributed by atoms with Crippen LogP contribution in [0.15, 0.2) is 36.5 Å². The van der Waals surface area contributed by atoms with Crippen LogP contribution in [0.25, 0.3) is 10.9 Å². The summed E-state index contributed by atoms with van der Waals surface area (Å²) in [6.07, 6.45) is 1.71. The van der Waals surface area contributed by atoms with E-state index in [9.17, 15) is 8.42 Å². The minimum absolute atomic E-state index is 0.0502. The Morgan fingerprint density at radius 3 is 2.89 bits per heavy atom. The summed E-state index contributed by atoms with van der Waals surface area (Å²) in [6.45, 7) is 0.421. The first-order chi connectivity index (χ1) is 8.61. The van der Waals surface area contributed by atoms with Crippen molar-refractivity contribution >= 4 is 26.6 Å². The lowest BCUT2D eigenvalue weighted by Gasteiger charge is -2.08. The van der Waals surface area contributed by atoms with Crippen molar-refractivity contribution in [3.63, 3.8) is 0 Å². The maximum atomic E-state index is 11.7. The van der Waals surface area contributed by atoms with Crippen LogP contribution in [0.4, 0.5) is 5.69 Å². The average molecular weight is 265 g/mol. The number of benzene rings is 1. The summed E-state index contributed by atoms with van der Waals surface area (Å²) in [5.41, 5.74) is 1.40. The molecule has 0 radical (unpaired) electrons. The van der Waals surface area contributed by atoms with Crippen molar-refractivity contribution in [2.75, 3.05) is 24.1 Å². The van der Waals surface area contributed by atoms with Gasteiger partial charge in [0.15, 0.2) is 0 Å². The lowest BCUT2D eigenvalue weighted by atomic mass is 10.2. The number of aromatic nitrogens is 1. The number of nitrogens with one attached hydrogen (secondary N) is 2. The number of hydrogen-bond acceptors (Lipinski definition) is 4. The van der Waals surface area contributed by atoms with Crippen LogP contribution in [0.3, 0.4) is 0 Å². The monoisotopic (exact) mass is 265 g/mol. The molecule has 2 rings (SSSR count). The van der Waals surface area contributed by atoms with Gasteiger partial charge in [-0.15, -0.1) is 0 Å².